The fourth-order valence-corrected chi connectivity index (χ4v) is 5.42. The zero-order chi connectivity index (χ0) is 27.4. The first-order chi connectivity index (χ1) is 18.2. The van der Waals surface area contributed by atoms with E-state index in [0.717, 1.165) is 5.56 Å². The number of carbonyl (C=O) groups excluding carboxylic acids is 1. The first kappa shape index (κ1) is 27.5. The Labute approximate surface area is 226 Å². The summed E-state index contributed by atoms with van der Waals surface area (Å²) >= 11 is 1.31. The Morgan fingerprint density at radius 3 is 2.45 bits per heavy atom. The Balaban J connectivity index is 1.89. The van der Waals surface area contributed by atoms with Crippen molar-refractivity contribution in [3.05, 3.63) is 96.2 Å². The molecule has 4 rings (SSSR count). The molecular formula is C30H34N2O5S. The van der Waals surface area contributed by atoms with Gasteiger partial charge in [0, 0.05) is 12.7 Å². The summed E-state index contributed by atoms with van der Waals surface area (Å²) in [4.78, 5) is 32.4. The fraction of sp³-hybridized carbons (Fsp3) is 0.367. The van der Waals surface area contributed by atoms with E-state index in [-0.39, 0.29) is 24.9 Å². The van der Waals surface area contributed by atoms with Gasteiger partial charge in [-0.15, -0.1) is 0 Å². The van der Waals surface area contributed by atoms with Gasteiger partial charge < -0.3 is 14.2 Å². The Bertz CT molecular complexity index is 1510. The summed E-state index contributed by atoms with van der Waals surface area (Å²) in [5.74, 6) is 0.488. The number of methoxy groups -OCH3 is 1. The molecule has 200 valence electrons. The van der Waals surface area contributed by atoms with E-state index >= 15 is 0 Å². The number of esters is 1. The van der Waals surface area contributed by atoms with Gasteiger partial charge >= 0.3 is 5.97 Å². The van der Waals surface area contributed by atoms with Crippen molar-refractivity contribution in [3.8, 4) is 5.75 Å². The topological polar surface area (TPSA) is 79.1 Å². The molecule has 1 atom stereocenters. The molecule has 0 aliphatic carbocycles. The van der Waals surface area contributed by atoms with Crippen LogP contribution in [-0.4, -0.2) is 37.0 Å². The number of carbonyl (C=O) groups is 1. The van der Waals surface area contributed by atoms with E-state index < -0.39 is 12.0 Å². The molecule has 2 aromatic carbocycles. The van der Waals surface area contributed by atoms with Crippen LogP contribution >= 0.6 is 11.3 Å². The smallest absolute Gasteiger partial charge is 0.338 e. The highest BCUT2D eigenvalue weighted by molar-refractivity contribution is 7.07. The second-order valence-electron chi connectivity index (χ2n) is 9.74. The van der Waals surface area contributed by atoms with Crippen LogP contribution in [-0.2, 0) is 14.3 Å². The van der Waals surface area contributed by atoms with E-state index in [1.165, 1.54) is 16.9 Å². The van der Waals surface area contributed by atoms with Crippen molar-refractivity contribution in [1.29, 1.82) is 0 Å². The molecule has 2 heterocycles. The number of benzene rings is 2. The number of ether oxygens (including phenoxy) is 3. The lowest BCUT2D eigenvalue weighted by molar-refractivity contribution is -0.140. The molecule has 0 spiro atoms. The molecule has 0 bridgehead atoms. The van der Waals surface area contributed by atoms with E-state index in [1.807, 2.05) is 56.3 Å². The molecule has 0 saturated heterocycles. The number of rotatable bonds is 9. The van der Waals surface area contributed by atoms with Gasteiger partial charge in [-0.05, 0) is 50.0 Å². The summed E-state index contributed by atoms with van der Waals surface area (Å²) in [7, 11) is 1.54. The third-order valence-electron chi connectivity index (χ3n) is 6.24. The third kappa shape index (κ3) is 5.81. The van der Waals surface area contributed by atoms with Gasteiger partial charge in [-0.25, -0.2) is 9.79 Å². The maximum absolute atomic E-state index is 13.9. The molecule has 0 saturated carbocycles. The largest absolute Gasteiger partial charge is 0.491 e. The Morgan fingerprint density at radius 2 is 1.79 bits per heavy atom. The molecule has 0 unspecified atom stereocenters. The van der Waals surface area contributed by atoms with Crippen LogP contribution < -0.4 is 19.6 Å². The van der Waals surface area contributed by atoms with Crippen molar-refractivity contribution in [1.82, 2.24) is 4.57 Å². The van der Waals surface area contributed by atoms with Crippen molar-refractivity contribution in [3.63, 3.8) is 0 Å². The summed E-state index contributed by atoms with van der Waals surface area (Å²) in [5, 5.41) is 0. The van der Waals surface area contributed by atoms with Crippen LogP contribution in [0.1, 0.15) is 63.3 Å². The minimum absolute atomic E-state index is 0.0945. The first-order valence-corrected chi connectivity index (χ1v) is 13.6. The molecule has 1 aliphatic heterocycles. The van der Waals surface area contributed by atoms with Gasteiger partial charge in [0.1, 0.15) is 18.4 Å². The Hall–Kier alpha value is -3.49. The number of nitrogens with zero attached hydrogens (tertiary/aromatic N) is 2. The Morgan fingerprint density at radius 1 is 1.08 bits per heavy atom. The van der Waals surface area contributed by atoms with Gasteiger partial charge in [0.2, 0.25) is 0 Å². The molecule has 0 fully saturated rings. The van der Waals surface area contributed by atoms with Crippen LogP contribution in [0, 0.1) is 0 Å². The van der Waals surface area contributed by atoms with Crippen molar-refractivity contribution < 1.29 is 19.0 Å². The molecule has 1 aliphatic rings. The van der Waals surface area contributed by atoms with Crippen LogP contribution in [0.5, 0.6) is 5.75 Å². The normalized spacial score (nSPS) is 15.6. The highest BCUT2D eigenvalue weighted by Crippen LogP contribution is 2.36. The molecule has 3 aromatic rings. The van der Waals surface area contributed by atoms with Crippen LogP contribution in [0.25, 0.3) is 6.08 Å². The Kier molecular flexibility index (Phi) is 8.64. The number of thiazole rings is 1. The quantitative estimate of drug-likeness (QED) is 0.302. The molecule has 0 N–H and O–H groups in total. The monoisotopic (exact) mass is 534 g/mol. The summed E-state index contributed by atoms with van der Waals surface area (Å²) in [5.41, 5.74) is 3.45. The van der Waals surface area contributed by atoms with Gasteiger partial charge in [0.25, 0.3) is 5.56 Å². The average Bonchev–Trinajstić information content (AvgIpc) is 3.18. The zero-order valence-electron chi connectivity index (χ0n) is 22.7. The standard InChI is InChI=1S/C30H34N2O5S/c1-18(2)22-13-11-21(12-14-22)17-25-28(33)32-27(23-9-7-8-10-24(23)37-19(3)4)26(20(5)31-30(32)38-25)29(34)36-16-15-35-6/h7-14,17-19,27H,15-16H2,1-6H3/b25-17+/t27-/m1/s1. The molecule has 7 nitrogen and oxygen atoms in total. The summed E-state index contributed by atoms with van der Waals surface area (Å²) in [6.07, 6.45) is 1.78. The van der Waals surface area contributed by atoms with Gasteiger partial charge in [-0.2, -0.15) is 0 Å². The van der Waals surface area contributed by atoms with Crippen molar-refractivity contribution in [2.24, 2.45) is 4.99 Å². The number of aromatic nitrogens is 1. The van der Waals surface area contributed by atoms with E-state index in [9.17, 15) is 9.59 Å². The molecular weight excluding hydrogens is 500 g/mol. The summed E-state index contributed by atoms with van der Waals surface area (Å²) in [6, 6.07) is 14.9. The predicted molar refractivity (Wildman–Crippen MR) is 149 cm³/mol. The van der Waals surface area contributed by atoms with Gasteiger partial charge in [-0.3, -0.25) is 9.36 Å². The number of allylic oxidation sites excluding steroid dienone is 1. The maximum atomic E-state index is 13.9. The van der Waals surface area contributed by atoms with Crippen LogP contribution in [0.15, 0.2) is 69.6 Å². The van der Waals surface area contributed by atoms with Crippen LogP contribution in [0.2, 0.25) is 0 Å². The molecule has 8 heteroatoms. The lowest BCUT2D eigenvalue weighted by Gasteiger charge is -2.27. The van der Waals surface area contributed by atoms with Crippen molar-refractivity contribution in [2.45, 2.75) is 52.7 Å². The molecule has 38 heavy (non-hydrogen) atoms. The van der Waals surface area contributed by atoms with Gasteiger partial charge in [-0.1, -0.05) is 67.6 Å². The minimum Gasteiger partial charge on any atom is -0.491 e. The minimum atomic E-state index is -0.748. The van der Waals surface area contributed by atoms with Crippen LogP contribution in [0.3, 0.4) is 0 Å². The molecule has 1 aromatic heterocycles. The molecule has 0 amide bonds. The van der Waals surface area contributed by atoms with E-state index in [4.69, 9.17) is 14.2 Å². The van der Waals surface area contributed by atoms with Crippen LogP contribution in [0.4, 0.5) is 0 Å². The average molecular weight is 535 g/mol. The lowest BCUT2D eigenvalue weighted by atomic mass is 9.95. The van der Waals surface area contributed by atoms with Crippen molar-refractivity contribution >= 4 is 23.4 Å². The molecule has 0 radical (unpaired) electrons. The first-order valence-electron chi connectivity index (χ1n) is 12.8. The zero-order valence-corrected chi connectivity index (χ0v) is 23.5. The van der Waals surface area contributed by atoms with Gasteiger partial charge in [0.15, 0.2) is 4.80 Å². The fourth-order valence-electron chi connectivity index (χ4n) is 4.37. The summed E-state index contributed by atoms with van der Waals surface area (Å²) < 4.78 is 18.8. The lowest BCUT2D eigenvalue weighted by Crippen LogP contribution is -2.40. The summed E-state index contributed by atoms with van der Waals surface area (Å²) in [6.45, 7) is 10.3. The van der Waals surface area contributed by atoms with Crippen molar-refractivity contribution in [2.75, 3.05) is 20.3 Å². The second kappa shape index (κ2) is 11.9. The second-order valence-corrected chi connectivity index (χ2v) is 10.7. The number of fused-ring (bicyclic) bond motifs is 1. The SMILES string of the molecule is COCCOC(=O)C1=C(C)N=c2s/c(=C/c3ccc(C(C)C)cc3)c(=O)n2[C@@H]1c1ccccc1OC(C)C. The predicted octanol–water partition coefficient (Wildman–Crippen LogP) is 4.34. The number of para-hydroxylation sites is 1. The van der Waals surface area contributed by atoms with E-state index in [2.05, 4.69) is 31.0 Å². The van der Waals surface area contributed by atoms with E-state index in [0.29, 0.717) is 37.8 Å². The highest BCUT2D eigenvalue weighted by atomic mass is 32.1. The number of hydrogen-bond acceptors (Lipinski definition) is 7. The number of hydrogen-bond donors (Lipinski definition) is 0. The van der Waals surface area contributed by atoms with Gasteiger partial charge in [0.05, 0.1) is 28.5 Å². The third-order valence-corrected chi connectivity index (χ3v) is 7.22. The maximum Gasteiger partial charge on any atom is 0.338 e. The van der Waals surface area contributed by atoms with E-state index in [1.54, 1.807) is 18.6 Å². The highest BCUT2D eigenvalue weighted by Gasteiger charge is 2.35.